The van der Waals surface area contributed by atoms with Gasteiger partial charge in [-0.15, -0.1) is 0 Å². The lowest BCUT2D eigenvalue weighted by Gasteiger charge is -2.09. The maximum atomic E-state index is 5.79. The van der Waals surface area contributed by atoms with Gasteiger partial charge < -0.3 is 4.74 Å². The zero-order valence-electron chi connectivity index (χ0n) is 10.6. The summed E-state index contributed by atoms with van der Waals surface area (Å²) in [7, 11) is 0. The molecule has 2 rings (SSSR count). The normalized spacial score (nSPS) is 10.6. The van der Waals surface area contributed by atoms with E-state index in [1.54, 1.807) is 0 Å². The van der Waals surface area contributed by atoms with E-state index in [-0.39, 0.29) is 0 Å². The standard InChI is InChI=1S/C16H18O/c1-12(2)14-7-9-15(10-8-14)17-16-6-4-5-13(3)11-16/h4-12H,1-3H3. The zero-order chi connectivity index (χ0) is 12.3. The smallest absolute Gasteiger partial charge is 0.127 e. The molecule has 0 aromatic heterocycles. The lowest BCUT2D eigenvalue weighted by atomic mass is 10.0. The second-order valence-corrected chi connectivity index (χ2v) is 4.64. The van der Waals surface area contributed by atoms with Crippen molar-refractivity contribution >= 4 is 0 Å². The van der Waals surface area contributed by atoms with Crippen LogP contribution in [0.1, 0.15) is 30.9 Å². The van der Waals surface area contributed by atoms with Crippen molar-refractivity contribution < 1.29 is 4.74 Å². The number of aryl methyl sites for hydroxylation is 1. The molecular formula is C16H18O. The summed E-state index contributed by atoms with van der Waals surface area (Å²) in [5.41, 5.74) is 2.54. The Morgan fingerprint density at radius 3 is 2.18 bits per heavy atom. The number of rotatable bonds is 3. The van der Waals surface area contributed by atoms with Crippen LogP contribution >= 0.6 is 0 Å². The average Bonchev–Trinajstić information content (AvgIpc) is 2.29. The maximum Gasteiger partial charge on any atom is 0.127 e. The highest BCUT2D eigenvalue weighted by molar-refractivity contribution is 5.35. The fourth-order valence-electron chi connectivity index (χ4n) is 1.74. The summed E-state index contributed by atoms with van der Waals surface area (Å²) in [4.78, 5) is 0. The van der Waals surface area contributed by atoms with Crippen molar-refractivity contribution in [2.24, 2.45) is 0 Å². The van der Waals surface area contributed by atoms with Gasteiger partial charge in [0.1, 0.15) is 11.5 Å². The maximum absolute atomic E-state index is 5.79. The quantitative estimate of drug-likeness (QED) is 0.722. The topological polar surface area (TPSA) is 9.23 Å². The molecule has 0 saturated heterocycles. The van der Waals surface area contributed by atoms with E-state index in [1.165, 1.54) is 11.1 Å². The van der Waals surface area contributed by atoms with E-state index < -0.39 is 0 Å². The number of ether oxygens (including phenoxy) is 1. The molecule has 0 unspecified atom stereocenters. The van der Waals surface area contributed by atoms with Crippen LogP contribution in [0.5, 0.6) is 11.5 Å². The molecule has 0 N–H and O–H groups in total. The SMILES string of the molecule is Cc1cccc(Oc2ccc(C(C)C)cc2)c1. The minimum Gasteiger partial charge on any atom is -0.457 e. The summed E-state index contributed by atoms with van der Waals surface area (Å²) < 4.78 is 5.79. The van der Waals surface area contributed by atoms with Crippen molar-refractivity contribution in [1.29, 1.82) is 0 Å². The predicted molar refractivity (Wildman–Crippen MR) is 71.8 cm³/mol. The summed E-state index contributed by atoms with van der Waals surface area (Å²) in [6, 6.07) is 16.4. The van der Waals surface area contributed by atoms with E-state index in [4.69, 9.17) is 4.74 Å². The third-order valence-electron chi connectivity index (χ3n) is 2.77. The first-order valence-electron chi connectivity index (χ1n) is 5.99. The van der Waals surface area contributed by atoms with Crippen LogP contribution in [0.25, 0.3) is 0 Å². The van der Waals surface area contributed by atoms with Crippen molar-refractivity contribution in [2.45, 2.75) is 26.7 Å². The number of benzene rings is 2. The highest BCUT2D eigenvalue weighted by Gasteiger charge is 2.00. The van der Waals surface area contributed by atoms with Crippen LogP contribution in [0.2, 0.25) is 0 Å². The van der Waals surface area contributed by atoms with Crippen LogP contribution < -0.4 is 4.74 Å². The van der Waals surface area contributed by atoms with Crippen LogP contribution in [0.15, 0.2) is 48.5 Å². The molecule has 0 spiro atoms. The van der Waals surface area contributed by atoms with Gasteiger partial charge in [0, 0.05) is 0 Å². The Hall–Kier alpha value is -1.76. The summed E-state index contributed by atoms with van der Waals surface area (Å²) in [6.45, 7) is 6.45. The fourth-order valence-corrected chi connectivity index (χ4v) is 1.74. The van der Waals surface area contributed by atoms with Gasteiger partial charge in [0.25, 0.3) is 0 Å². The van der Waals surface area contributed by atoms with Crippen LogP contribution in [0.3, 0.4) is 0 Å². The van der Waals surface area contributed by atoms with E-state index >= 15 is 0 Å². The van der Waals surface area contributed by atoms with Gasteiger partial charge in [0.05, 0.1) is 0 Å². The first kappa shape index (κ1) is 11.7. The van der Waals surface area contributed by atoms with Crippen molar-refractivity contribution in [3.8, 4) is 11.5 Å². The molecule has 17 heavy (non-hydrogen) atoms. The zero-order valence-corrected chi connectivity index (χ0v) is 10.6. The molecule has 0 heterocycles. The summed E-state index contributed by atoms with van der Waals surface area (Å²) in [6.07, 6.45) is 0. The van der Waals surface area contributed by atoms with Gasteiger partial charge in [-0.25, -0.2) is 0 Å². The van der Waals surface area contributed by atoms with Crippen LogP contribution in [-0.2, 0) is 0 Å². The Kier molecular flexibility index (Phi) is 3.48. The van der Waals surface area contributed by atoms with Crippen molar-refractivity contribution in [3.05, 3.63) is 59.7 Å². The molecule has 0 radical (unpaired) electrons. The Morgan fingerprint density at radius 2 is 1.59 bits per heavy atom. The third kappa shape index (κ3) is 3.10. The molecule has 2 aromatic rings. The van der Waals surface area contributed by atoms with Crippen molar-refractivity contribution in [2.75, 3.05) is 0 Å². The lowest BCUT2D eigenvalue weighted by Crippen LogP contribution is -1.88. The molecule has 0 aliphatic rings. The number of hydrogen-bond acceptors (Lipinski definition) is 1. The molecule has 0 amide bonds. The lowest BCUT2D eigenvalue weighted by molar-refractivity contribution is 0.482. The molecule has 0 aliphatic carbocycles. The third-order valence-corrected chi connectivity index (χ3v) is 2.77. The minimum absolute atomic E-state index is 0.558. The van der Waals surface area contributed by atoms with Gasteiger partial charge in [0.15, 0.2) is 0 Å². The van der Waals surface area contributed by atoms with Gasteiger partial charge in [-0.2, -0.15) is 0 Å². The van der Waals surface area contributed by atoms with Crippen LogP contribution in [0, 0.1) is 6.92 Å². The highest BCUT2D eigenvalue weighted by Crippen LogP contribution is 2.24. The summed E-state index contributed by atoms with van der Waals surface area (Å²) in [5.74, 6) is 2.34. The Labute approximate surface area is 103 Å². The van der Waals surface area contributed by atoms with E-state index in [2.05, 4.69) is 39.0 Å². The van der Waals surface area contributed by atoms with Crippen molar-refractivity contribution in [3.63, 3.8) is 0 Å². The molecule has 2 aromatic carbocycles. The fraction of sp³-hybridized carbons (Fsp3) is 0.250. The summed E-state index contributed by atoms with van der Waals surface area (Å²) >= 11 is 0. The molecule has 1 nitrogen and oxygen atoms in total. The monoisotopic (exact) mass is 226 g/mol. The number of hydrogen-bond donors (Lipinski definition) is 0. The second-order valence-electron chi connectivity index (χ2n) is 4.64. The van der Waals surface area contributed by atoms with Gasteiger partial charge in [-0.3, -0.25) is 0 Å². The molecular weight excluding hydrogens is 208 g/mol. The Bertz CT molecular complexity index is 483. The molecule has 0 atom stereocenters. The van der Waals surface area contributed by atoms with E-state index in [1.807, 2.05) is 30.3 Å². The first-order valence-corrected chi connectivity index (χ1v) is 5.99. The van der Waals surface area contributed by atoms with Gasteiger partial charge in [-0.1, -0.05) is 38.1 Å². The molecule has 1 heteroatoms. The largest absolute Gasteiger partial charge is 0.457 e. The molecule has 0 fully saturated rings. The molecule has 88 valence electrons. The predicted octanol–water partition coefficient (Wildman–Crippen LogP) is 4.91. The van der Waals surface area contributed by atoms with E-state index in [0.717, 1.165) is 11.5 Å². The molecule has 0 bridgehead atoms. The van der Waals surface area contributed by atoms with Gasteiger partial charge in [-0.05, 0) is 48.2 Å². The van der Waals surface area contributed by atoms with Gasteiger partial charge in [0.2, 0.25) is 0 Å². The van der Waals surface area contributed by atoms with Crippen LogP contribution in [0.4, 0.5) is 0 Å². The molecule has 0 saturated carbocycles. The van der Waals surface area contributed by atoms with E-state index in [0.29, 0.717) is 5.92 Å². The first-order chi connectivity index (χ1) is 8.15. The second kappa shape index (κ2) is 5.05. The van der Waals surface area contributed by atoms with Gasteiger partial charge >= 0.3 is 0 Å². The Balaban J connectivity index is 2.14. The summed E-state index contributed by atoms with van der Waals surface area (Å²) in [5, 5.41) is 0. The van der Waals surface area contributed by atoms with Crippen LogP contribution in [-0.4, -0.2) is 0 Å². The average molecular weight is 226 g/mol. The minimum atomic E-state index is 0.558. The molecule has 0 aliphatic heterocycles. The highest BCUT2D eigenvalue weighted by atomic mass is 16.5. The van der Waals surface area contributed by atoms with E-state index in [9.17, 15) is 0 Å². The Morgan fingerprint density at radius 1 is 0.882 bits per heavy atom. The van der Waals surface area contributed by atoms with Crippen molar-refractivity contribution in [1.82, 2.24) is 0 Å².